The van der Waals surface area contributed by atoms with Crippen LogP contribution in [0.1, 0.15) is 25.0 Å². The third-order valence-electron chi connectivity index (χ3n) is 6.16. The Morgan fingerprint density at radius 3 is 2.15 bits per heavy atom. The fourth-order valence-electron chi connectivity index (χ4n) is 4.03. The fraction of sp³-hybridized carbons (Fsp3) is 0.286. The van der Waals surface area contributed by atoms with Crippen LogP contribution in [0.2, 0.25) is 5.02 Å². The van der Waals surface area contributed by atoms with Gasteiger partial charge in [0, 0.05) is 13.1 Å². The van der Waals surface area contributed by atoms with Crippen LogP contribution in [0.3, 0.4) is 0 Å². The highest BCUT2D eigenvalue weighted by Crippen LogP contribution is 2.38. The molecule has 0 bridgehead atoms. The van der Waals surface area contributed by atoms with Gasteiger partial charge in [-0.15, -0.1) is 0 Å². The van der Waals surface area contributed by atoms with Gasteiger partial charge in [0.1, 0.15) is 12.6 Å². The average molecular weight is 596 g/mol. The van der Waals surface area contributed by atoms with E-state index in [4.69, 9.17) is 11.6 Å². The highest BCUT2D eigenvalue weighted by molar-refractivity contribution is 7.92. The molecule has 0 unspecified atom stereocenters. The lowest BCUT2D eigenvalue weighted by atomic mass is 10.1. The van der Waals surface area contributed by atoms with Crippen molar-refractivity contribution in [3.8, 4) is 0 Å². The number of nitrogens with one attached hydrogen (secondary N) is 1. The van der Waals surface area contributed by atoms with Crippen LogP contribution in [0.4, 0.5) is 18.9 Å². The Balaban J connectivity index is 2.05. The van der Waals surface area contributed by atoms with E-state index < -0.39 is 56.9 Å². The molecular weight excluding hydrogens is 567 g/mol. The smallest absolute Gasteiger partial charge is 0.355 e. The predicted molar refractivity (Wildman–Crippen MR) is 147 cm³/mol. The number of sulfonamides is 1. The van der Waals surface area contributed by atoms with Gasteiger partial charge in [-0.05, 0) is 56.2 Å². The van der Waals surface area contributed by atoms with Gasteiger partial charge in [-0.2, -0.15) is 13.2 Å². The van der Waals surface area contributed by atoms with Crippen molar-refractivity contribution in [2.24, 2.45) is 0 Å². The molecule has 3 aromatic carbocycles. The van der Waals surface area contributed by atoms with Crippen molar-refractivity contribution in [1.29, 1.82) is 0 Å². The number of hydrogen-bond acceptors (Lipinski definition) is 4. The van der Waals surface area contributed by atoms with Gasteiger partial charge in [0.15, 0.2) is 0 Å². The Bertz CT molecular complexity index is 1420. The number of benzene rings is 3. The van der Waals surface area contributed by atoms with Crippen molar-refractivity contribution in [2.45, 2.75) is 37.4 Å². The van der Waals surface area contributed by atoms with Crippen LogP contribution in [0.25, 0.3) is 0 Å². The second kappa shape index (κ2) is 13.2. The number of carbonyl (C=O) groups is 2. The van der Waals surface area contributed by atoms with Crippen LogP contribution in [-0.4, -0.2) is 50.8 Å². The third-order valence-corrected chi connectivity index (χ3v) is 8.27. The monoisotopic (exact) mass is 595 g/mol. The molecule has 0 heterocycles. The van der Waals surface area contributed by atoms with Gasteiger partial charge < -0.3 is 10.2 Å². The summed E-state index contributed by atoms with van der Waals surface area (Å²) in [5.41, 5.74) is -0.767. The number of halogens is 4. The van der Waals surface area contributed by atoms with Crippen LogP contribution in [0.5, 0.6) is 0 Å². The van der Waals surface area contributed by atoms with Crippen LogP contribution in [0.15, 0.2) is 83.8 Å². The summed E-state index contributed by atoms with van der Waals surface area (Å²) in [5, 5.41) is 2.03. The largest absolute Gasteiger partial charge is 0.417 e. The van der Waals surface area contributed by atoms with Gasteiger partial charge >= 0.3 is 6.18 Å². The number of carbonyl (C=O) groups excluding carboxylic acids is 2. The maximum Gasteiger partial charge on any atom is 0.417 e. The number of hydrogen-bond donors (Lipinski definition) is 1. The first kappa shape index (κ1) is 31.0. The van der Waals surface area contributed by atoms with E-state index in [9.17, 15) is 31.2 Å². The first-order valence-electron chi connectivity index (χ1n) is 12.4. The molecule has 0 fully saturated rings. The number of alkyl halides is 3. The van der Waals surface area contributed by atoms with Gasteiger partial charge in [-0.1, -0.05) is 60.1 Å². The van der Waals surface area contributed by atoms with Crippen molar-refractivity contribution in [3.05, 3.63) is 95.0 Å². The molecule has 7 nitrogen and oxygen atoms in total. The van der Waals surface area contributed by atoms with Crippen LogP contribution >= 0.6 is 11.6 Å². The molecule has 3 aromatic rings. The normalized spacial score (nSPS) is 12.4. The zero-order valence-corrected chi connectivity index (χ0v) is 23.4. The first-order valence-corrected chi connectivity index (χ1v) is 14.2. The highest BCUT2D eigenvalue weighted by atomic mass is 35.5. The second-order valence-electron chi connectivity index (χ2n) is 8.88. The molecule has 2 amide bonds. The Morgan fingerprint density at radius 2 is 1.57 bits per heavy atom. The minimum atomic E-state index is -4.87. The maximum absolute atomic E-state index is 13.7. The van der Waals surface area contributed by atoms with Gasteiger partial charge in [0.05, 0.1) is 21.2 Å². The minimum Gasteiger partial charge on any atom is -0.355 e. The first-order chi connectivity index (χ1) is 18.9. The predicted octanol–water partition coefficient (Wildman–Crippen LogP) is 5.15. The number of nitrogens with zero attached hydrogens (tertiary/aromatic N) is 2. The zero-order chi connectivity index (χ0) is 29.5. The van der Waals surface area contributed by atoms with E-state index in [2.05, 4.69) is 5.32 Å². The van der Waals surface area contributed by atoms with Gasteiger partial charge in [-0.3, -0.25) is 13.9 Å². The molecule has 0 aromatic heterocycles. The molecule has 0 radical (unpaired) electrons. The van der Waals surface area contributed by atoms with Crippen LogP contribution in [-0.2, 0) is 32.2 Å². The van der Waals surface area contributed by atoms with E-state index in [1.165, 1.54) is 36.1 Å². The molecule has 0 saturated heterocycles. The molecule has 0 aliphatic rings. The molecular formula is C28H29ClF3N3O4S. The van der Waals surface area contributed by atoms with Crippen molar-refractivity contribution < 1.29 is 31.2 Å². The SMILES string of the molecule is CCNC(=O)[C@@H](C)N(CCc1ccccc1)C(=O)CN(c1ccc(Cl)c(C(F)(F)F)c1)S(=O)(=O)c1ccccc1. The summed E-state index contributed by atoms with van der Waals surface area (Å²) in [6, 6.07) is 17.9. The van der Waals surface area contributed by atoms with E-state index in [0.717, 1.165) is 17.7 Å². The van der Waals surface area contributed by atoms with Crippen molar-refractivity contribution in [2.75, 3.05) is 23.9 Å². The molecule has 1 atom stereocenters. The molecule has 12 heteroatoms. The quantitative estimate of drug-likeness (QED) is 0.332. The summed E-state index contributed by atoms with van der Waals surface area (Å²) in [7, 11) is -4.51. The van der Waals surface area contributed by atoms with Crippen LogP contribution < -0.4 is 9.62 Å². The average Bonchev–Trinajstić information content (AvgIpc) is 2.92. The standard InChI is InChI=1S/C28H29ClF3N3O4S/c1-3-33-27(37)20(2)34(17-16-21-10-6-4-7-11-21)26(36)19-35(40(38,39)23-12-8-5-9-13-23)22-14-15-25(29)24(18-22)28(30,31)32/h4-15,18,20H,3,16-17,19H2,1-2H3,(H,33,37)/t20-/m1/s1. The fourth-order valence-corrected chi connectivity index (χ4v) is 5.68. The Kier molecular flexibility index (Phi) is 10.2. The van der Waals surface area contributed by atoms with Gasteiger partial charge in [0.25, 0.3) is 10.0 Å². The zero-order valence-electron chi connectivity index (χ0n) is 21.9. The summed E-state index contributed by atoms with van der Waals surface area (Å²) in [6.45, 7) is 2.74. The Morgan fingerprint density at radius 1 is 0.975 bits per heavy atom. The summed E-state index contributed by atoms with van der Waals surface area (Å²) in [5.74, 6) is -1.22. The summed E-state index contributed by atoms with van der Waals surface area (Å²) >= 11 is 5.77. The lowest BCUT2D eigenvalue weighted by Crippen LogP contribution is -2.52. The molecule has 1 N–H and O–H groups in total. The molecule has 0 aliphatic heterocycles. The number of amides is 2. The maximum atomic E-state index is 13.7. The summed E-state index contributed by atoms with van der Waals surface area (Å²) < 4.78 is 69.0. The third kappa shape index (κ3) is 7.54. The molecule has 3 rings (SSSR count). The molecule has 40 heavy (non-hydrogen) atoms. The highest BCUT2D eigenvalue weighted by Gasteiger charge is 2.36. The summed E-state index contributed by atoms with van der Waals surface area (Å²) in [4.78, 5) is 27.4. The Hall–Kier alpha value is -3.57. The van der Waals surface area contributed by atoms with E-state index in [-0.39, 0.29) is 11.4 Å². The minimum absolute atomic E-state index is 0.0643. The van der Waals surface area contributed by atoms with Gasteiger partial charge in [0.2, 0.25) is 11.8 Å². The topological polar surface area (TPSA) is 86.8 Å². The number of anilines is 1. The number of likely N-dealkylation sites (N-methyl/N-ethyl adjacent to an activating group) is 1. The van der Waals surface area contributed by atoms with Crippen LogP contribution in [0, 0.1) is 0 Å². The molecule has 0 spiro atoms. The van der Waals surface area contributed by atoms with E-state index in [0.29, 0.717) is 23.3 Å². The lowest BCUT2D eigenvalue weighted by Gasteiger charge is -2.32. The molecule has 214 valence electrons. The second-order valence-corrected chi connectivity index (χ2v) is 11.1. The molecule has 0 saturated carbocycles. The van der Waals surface area contributed by atoms with Crippen molar-refractivity contribution >= 4 is 39.1 Å². The molecule has 0 aliphatic carbocycles. The number of rotatable bonds is 11. The summed E-state index contributed by atoms with van der Waals surface area (Å²) in [6.07, 6.45) is -4.51. The van der Waals surface area contributed by atoms with E-state index in [1.807, 2.05) is 30.3 Å². The Labute approximate surface area is 236 Å². The van der Waals surface area contributed by atoms with Crippen molar-refractivity contribution in [1.82, 2.24) is 10.2 Å². The van der Waals surface area contributed by atoms with Crippen molar-refractivity contribution in [3.63, 3.8) is 0 Å². The van der Waals surface area contributed by atoms with Gasteiger partial charge in [-0.25, -0.2) is 8.42 Å². The van der Waals surface area contributed by atoms with E-state index in [1.54, 1.807) is 13.0 Å². The lowest BCUT2D eigenvalue weighted by molar-refractivity contribution is -0.138. The van der Waals surface area contributed by atoms with E-state index >= 15 is 0 Å².